The lowest BCUT2D eigenvalue weighted by atomic mass is 10.2. The fourth-order valence-corrected chi connectivity index (χ4v) is 2.33. The summed E-state index contributed by atoms with van der Waals surface area (Å²) in [4.78, 5) is 2.04. The molecule has 2 rings (SSSR count). The maximum Gasteiger partial charge on any atom is 0.191 e. The van der Waals surface area contributed by atoms with Crippen LogP contribution >= 0.6 is 12.2 Å². The minimum absolute atomic E-state index is 0.402. The Morgan fingerprint density at radius 3 is 2.54 bits per heavy atom. The van der Waals surface area contributed by atoms with Crippen molar-refractivity contribution in [2.75, 3.05) is 30.9 Å². The van der Waals surface area contributed by atoms with Crippen molar-refractivity contribution in [1.82, 2.24) is 5.43 Å². The smallest absolute Gasteiger partial charge is 0.191 e. The number of thiocarbonyl (C=S) groups is 1. The van der Waals surface area contributed by atoms with Crippen LogP contribution in [0.4, 0.5) is 11.4 Å². The summed E-state index contributed by atoms with van der Waals surface area (Å²) in [5, 5.41) is 16.2. The van der Waals surface area contributed by atoms with Gasteiger partial charge in [-0.05, 0) is 54.2 Å². The first-order valence-electron chi connectivity index (χ1n) is 8.04. The molecule has 2 aromatic rings. The van der Waals surface area contributed by atoms with E-state index in [2.05, 4.69) is 21.9 Å². The van der Waals surface area contributed by atoms with E-state index in [1.165, 1.54) is 0 Å². The molecule has 0 atom stereocenters. The topological polar surface area (TPSA) is 72.7 Å². The van der Waals surface area contributed by atoms with Gasteiger partial charge in [0.25, 0.3) is 0 Å². The zero-order valence-electron chi connectivity index (χ0n) is 14.8. The van der Waals surface area contributed by atoms with E-state index in [-0.39, 0.29) is 0 Å². The van der Waals surface area contributed by atoms with Crippen molar-refractivity contribution in [2.45, 2.75) is 6.42 Å². The van der Waals surface area contributed by atoms with Crippen molar-refractivity contribution < 1.29 is 4.74 Å². The quantitative estimate of drug-likeness (QED) is 0.444. The molecule has 0 aliphatic rings. The van der Waals surface area contributed by atoms with Gasteiger partial charge in [0.1, 0.15) is 5.75 Å². The first kappa shape index (κ1) is 19.2. The number of ether oxygens (including phenoxy) is 1. The molecule has 7 heteroatoms. The Hall–Kier alpha value is -3.11. The number of anilines is 2. The molecule has 0 saturated heterocycles. The van der Waals surface area contributed by atoms with Crippen molar-refractivity contribution in [3.05, 3.63) is 54.1 Å². The zero-order valence-corrected chi connectivity index (χ0v) is 15.6. The Balaban J connectivity index is 1.83. The summed E-state index contributed by atoms with van der Waals surface area (Å²) in [7, 11) is 3.59. The number of hydrogen-bond acceptors (Lipinski definition) is 5. The van der Waals surface area contributed by atoms with E-state index in [1.54, 1.807) is 13.3 Å². The van der Waals surface area contributed by atoms with E-state index in [0.29, 0.717) is 18.1 Å². The van der Waals surface area contributed by atoms with E-state index in [0.717, 1.165) is 22.7 Å². The molecular weight excluding hydrogens is 346 g/mol. The first-order valence-corrected chi connectivity index (χ1v) is 8.45. The van der Waals surface area contributed by atoms with E-state index in [4.69, 9.17) is 22.2 Å². The summed E-state index contributed by atoms with van der Waals surface area (Å²) in [6, 6.07) is 17.5. The molecule has 0 bridgehead atoms. The number of methoxy groups -OCH3 is 1. The first-order chi connectivity index (χ1) is 12.6. The lowest BCUT2D eigenvalue weighted by Crippen LogP contribution is -2.23. The summed E-state index contributed by atoms with van der Waals surface area (Å²) in [6.45, 7) is 0.705. The van der Waals surface area contributed by atoms with Crippen LogP contribution in [0.3, 0.4) is 0 Å². The van der Waals surface area contributed by atoms with Crippen LogP contribution in [0.2, 0.25) is 0 Å². The highest BCUT2D eigenvalue weighted by Gasteiger charge is 2.00. The Kier molecular flexibility index (Phi) is 7.40. The van der Waals surface area contributed by atoms with Crippen molar-refractivity contribution >= 4 is 34.9 Å². The number of rotatable bonds is 7. The normalized spacial score (nSPS) is 10.2. The van der Waals surface area contributed by atoms with Crippen molar-refractivity contribution in [3.63, 3.8) is 0 Å². The number of nitriles is 1. The molecular formula is C19H21N5OS. The fourth-order valence-electron chi connectivity index (χ4n) is 2.16. The van der Waals surface area contributed by atoms with Gasteiger partial charge in [-0.2, -0.15) is 10.4 Å². The molecule has 0 amide bonds. The monoisotopic (exact) mass is 367 g/mol. The van der Waals surface area contributed by atoms with Gasteiger partial charge in [0.15, 0.2) is 5.11 Å². The van der Waals surface area contributed by atoms with Crippen molar-refractivity contribution in [1.29, 1.82) is 5.26 Å². The second-order valence-corrected chi connectivity index (χ2v) is 5.88. The van der Waals surface area contributed by atoms with Crippen LogP contribution in [0.1, 0.15) is 12.0 Å². The van der Waals surface area contributed by atoms with E-state index >= 15 is 0 Å². The fraction of sp³-hybridized carbons (Fsp3) is 0.211. The highest BCUT2D eigenvalue weighted by atomic mass is 32.1. The molecule has 0 aromatic heterocycles. The molecule has 0 spiro atoms. The minimum Gasteiger partial charge on any atom is -0.497 e. The van der Waals surface area contributed by atoms with Gasteiger partial charge in [-0.3, -0.25) is 5.43 Å². The third kappa shape index (κ3) is 6.07. The standard InChI is InChI=1S/C19H21N5OS/c1-24(13-3-12-20)17-8-4-15(5-9-17)14-21-23-19(26)22-16-6-10-18(25-2)11-7-16/h4-11,14H,3,13H2,1-2H3,(H2,22,23,26)/b21-14-. The minimum atomic E-state index is 0.402. The maximum absolute atomic E-state index is 8.64. The van der Waals surface area contributed by atoms with Crippen LogP contribution in [-0.4, -0.2) is 32.0 Å². The number of benzene rings is 2. The summed E-state index contributed by atoms with van der Waals surface area (Å²) >= 11 is 5.21. The third-order valence-corrected chi connectivity index (χ3v) is 3.81. The van der Waals surface area contributed by atoms with Gasteiger partial charge in [0.2, 0.25) is 0 Å². The lowest BCUT2D eigenvalue weighted by molar-refractivity contribution is 0.415. The molecule has 0 aliphatic carbocycles. The predicted octanol–water partition coefficient (Wildman–Crippen LogP) is 3.37. The van der Waals surface area contributed by atoms with Gasteiger partial charge < -0.3 is 15.0 Å². The zero-order chi connectivity index (χ0) is 18.8. The lowest BCUT2D eigenvalue weighted by Gasteiger charge is -2.17. The summed E-state index contributed by atoms with van der Waals surface area (Å²) in [6.07, 6.45) is 2.20. The molecule has 0 radical (unpaired) electrons. The highest BCUT2D eigenvalue weighted by Crippen LogP contribution is 2.15. The van der Waals surface area contributed by atoms with Crippen LogP contribution in [0.25, 0.3) is 0 Å². The van der Waals surface area contributed by atoms with Gasteiger partial charge in [-0.1, -0.05) is 12.1 Å². The van der Waals surface area contributed by atoms with E-state index < -0.39 is 0 Å². The Labute approximate surface area is 159 Å². The molecule has 26 heavy (non-hydrogen) atoms. The largest absolute Gasteiger partial charge is 0.497 e. The molecule has 0 fully saturated rings. The number of nitrogens with one attached hydrogen (secondary N) is 2. The molecule has 2 aromatic carbocycles. The highest BCUT2D eigenvalue weighted by molar-refractivity contribution is 7.80. The summed E-state index contributed by atoms with van der Waals surface area (Å²) < 4.78 is 5.11. The summed E-state index contributed by atoms with van der Waals surface area (Å²) in [5.74, 6) is 0.786. The average Bonchev–Trinajstić information content (AvgIpc) is 2.67. The van der Waals surface area contributed by atoms with E-state index in [9.17, 15) is 0 Å². The molecule has 0 saturated carbocycles. The SMILES string of the molecule is COc1ccc(NC(=S)N/N=C\c2ccc(N(C)CCC#N)cc2)cc1. The van der Waals surface area contributed by atoms with Crippen LogP contribution in [0.5, 0.6) is 5.75 Å². The molecule has 2 N–H and O–H groups in total. The predicted molar refractivity (Wildman–Crippen MR) is 110 cm³/mol. The van der Waals surface area contributed by atoms with E-state index in [1.807, 2.05) is 60.5 Å². The number of nitrogens with zero attached hydrogens (tertiary/aromatic N) is 3. The Morgan fingerprint density at radius 2 is 1.92 bits per heavy atom. The van der Waals surface area contributed by atoms with Crippen molar-refractivity contribution in [3.8, 4) is 11.8 Å². The van der Waals surface area contributed by atoms with Gasteiger partial charge >= 0.3 is 0 Å². The molecule has 6 nitrogen and oxygen atoms in total. The van der Waals surface area contributed by atoms with Crippen LogP contribution in [0.15, 0.2) is 53.6 Å². The molecule has 0 heterocycles. The molecule has 0 aliphatic heterocycles. The second-order valence-electron chi connectivity index (χ2n) is 5.47. The van der Waals surface area contributed by atoms with Crippen LogP contribution in [0, 0.1) is 11.3 Å². The van der Waals surface area contributed by atoms with Crippen LogP contribution in [-0.2, 0) is 0 Å². The molecule has 134 valence electrons. The van der Waals surface area contributed by atoms with Gasteiger partial charge in [-0.15, -0.1) is 0 Å². The third-order valence-electron chi connectivity index (χ3n) is 3.62. The Morgan fingerprint density at radius 1 is 1.23 bits per heavy atom. The van der Waals surface area contributed by atoms with Gasteiger partial charge in [0, 0.05) is 25.0 Å². The van der Waals surface area contributed by atoms with Crippen molar-refractivity contribution in [2.24, 2.45) is 5.10 Å². The Bertz CT molecular complexity index is 781. The average molecular weight is 367 g/mol. The second kappa shape index (κ2) is 10.0. The maximum atomic E-state index is 8.64. The number of hydrogen-bond donors (Lipinski definition) is 2. The van der Waals surface area contributed by atoms with Crippen LogP contribution < -0.4 is 20.4 Å². The summed E-state index contributed by atoms with van der Waals surface area (Å²) in [5.41, 5.74) is 5.64. The number of hydrazone groups is 1. The van der Waals surface area contributed by atoms with Gasteiger partial charge in [-0.25, -0.2) is 0 Å². The van der Waals surface area contributed by atoms with Gasteiger partial charge in [0.05, 0.1) is 25.8 Å². The molecule has 0 unspecified atom stereocenters.